The molecule has 11 heteroatoms. The minimum Gasteiger partial charge on any atom is -0.370 e. The van der Waals surface area contributed by atoms with Crippen molar-refractivity contribution in [3.05, 3.63) is 63.1 Å². The molecular weight excluding hydrogens is 411 g/mol. The van der Waals surface area contributed by atoms with Crippen molar-refractivity contribution >= 4 is 28.6 Å². The maximum atomic E-state index is 13.1. The van der Waals surface area contributed by atoms with Gasteiger partial charge < -0.3 is 4.90 Å². The lowest BCUT2D eigenvalue weighted by Crippen LogP contribution is -2.35. The van der Waals surface area contributed by atoms with Crippen LogP contribution in [0.5, 0.6) is 0 Å². The maximum absolute atomic E-state index is 13.1. The highest BCUT2D eigenvalue weighted by Gasteiger charge is 2.32. The Labute approximate surface area is 167 Å². The molecule has 0 spiro atoms. The number of rotatable bonds is 3. The van der Waals surface area contributed by atoms with Crippen molar-refractivity contribution in [1.29, 1.82) is 0 Å². The van der Waals surface area contributed by atoms with Crippen LogP contribution < -0.4 is 4.90 Å². The first-order valence-electron chi connectivity index (χ1n) is 8.85. The van der Waals surface area contributed by atoms with Crippen LogP contribution in [0, 0.1) is 10.1 Å². The molecule has 3 aromatic rings. The molecule has 0 radical (unpaired) electrons. The number of non-ortho nitro benzene ring substituents is 1. The summed E-state index contributed by atoms with van der Waals surface area (Å²) >= 11 is 6.24. The molecule has 1 unspecified atom stereocenters. The summed E-state index contributed by atoms with van der Waals surface area (Å²) in [5, 5.41) is 19.3. The lowest BCUT2D eigenvalue weighted by Gasteiger charge is -2.34. The van der Waals surface area contributed by atoms with Gasteiger partial charge in [0.05, 0.1) is 21.2 Å². The average Bonchev–Trinajstić information content (AvgIpc) is 3.10. The third-order valence-corrected chi connectivity index (χ3v) is 5.33. The highest BCUT2D eigenvalue weighted by molar-refractivity contribution is 6.33. The van der Waals surface area contributed by atoms with Crippen LogP contribution in [0.2, 0.25) is 5.02 Å². The normalized spacial score (nSPS) is 17.7. The van der Waals surface area contributed by atoms with Crippen LogP contribution in [0.25, 0.3) is 5.65 Å². The Balaban J connectivity index is 1.64. The van der Waals surface area contributed by atoms with Crippen LogP contribution in [-0.2, 0) is 6.18 Å². The van der Waals surface area contributed by atoms with Gasteiger partial charge in [0.1, 0.15) is 5.82 Å². The highest BCUT2D eigenvalue weighted by atomic mass is 35.5. The molecule has 1 atom stereocenters. The largest absolute Gasteiger partial charge is 0.417 e. The van der Waals surface area contributed by atoms with Crippen LogP contribution in [0.3, 0.4) is 0 Å². The predicted molar refractivity (Wildman–Crippen MR) is 100 cm³/mol. The van der Waals surface area contributed by atoms with Crippen molar-refractivity contribution < 1.29 is 18.1 Å². The molecular formula is C18H15ClF3N5O2. The first-order valence-corrected chi connectivity index (χ1v) is 9.22. The van der Waals surface area contributed by atoms with E-state index in [1.807, 2.05) is 4.90 Å². The topological polar surface area (TPSA) is 76.6 Å². The first kappa shape index (κ1) is 19.4. The molecule has 2 aromatic heterocycles. The van der Waals surface area contributed by atoms with Gasteiger partial charge in [0.2, 0.25) is 0 Å². The van der Waals surface area contributed by atoms with E-state index < -0.39 is 16.7 Å². The molecule has 0 saturated carbocycles. The Hall–Kier alpha value is -2.88. The van der Waals surface area contributed by atoms with Crippen LogP contribution in [0.4, 0.5) is 24.5 Å². The van der Waals surface area contributed by atoms with Gasteiger partial charge in [0.15, 0.2) is 5.65 Å². The predicted octanol–water partition coefficient (Wildman–Crippen LogP) is 4.69. The number of fused-ring (bicyclic) bond motifs is 1. The number of pyridine rings is 1. The number of nitro benzene ring substituents is 1. The number of benzene rings is 1. The number of nitro groups is 1. The second-order valence-electron chi connectivity index (χ2n) is 6.88. The van der Waals surface area contributed by atoms with E-state index in [1.165, 1.54) is 22.6 Å². The van der Waals surface area contributed by atoms with Gasteiger partial charge in [-0.1, -0.05) is 11.6 Å². The number of aromatic nitrogens is 3. The van der Waals surface area contributed by atoms with Crippen molar-refractivity contribution in [2.24, 2.45) is 0 Å². The maximum Gasteiger partial charge on any atom is 0.417 e. The molecule has 0 amide bonds. The number of halogens is 4. The Morgan fingerprint density at radius 1 is 1.21 bits per heavy atom. The molecule has 0 N–H and O–H groups in total. The van der Waals surface area contributed by atoms with Gasteiger partial charge in [-0.05, 0) is 31.0 Å². The van der Waals surface area contributed by atoms with Crippen molar-refractivity contribution in [2.75, 3.05) is 18.0 Å². The summed E-state index contributed by atoms with van der Waals surface area (Å²) in [6, 6.07) is 6.55. The summed E-state index contributed by atoms with van der Waals surface area (Å²) in [5.41, 5.74) is 0.123. The molecule has 3 heterocycles. The highest BCUT2D eigenvalue weighted by Crippen LogP contribution is 2.35. The number of alkyl halides is 3. The fourth-order valence-electron chi connectivity index (χ4n) is 3.63. The van der Waals surface area contributed by atoms with Crippen LogP contribution in [0.1, 0.15) is 30.1 Å². The van der Waals surface area contributed by atoms with Crippen molar-refractivity contribution in [3.8, 4) is 0 Å². The summed E-state index contributed by atoms with van der Waals surface area (Å²) in [7, 11) is 0. The van der Waals surface area contributed by atoms with E-state index in [4.69, 9.17) is 11.6 Å². The zero-order valence-corrected chi connectivity index (χ0v) is 15.7. The van der Waals surface area contributed by atoms with Crippen LogP contribution in [0.15, 0.2) is 36.5 Å². The molecule has 1 aromatic carbocycles. The Kier molecular flexibility index (Phi) is 4.81. The van der Waals surface area contributed by atoms with Crippen LogP contribution in [-0.4, -0.2) is 32.6 Å². The van der Waals surface area contributed by atoms with E-state index in [-0.39, 0.29) is 16.6 Å². The molecule has 1 saturated heterocycles. The first-order chi connectivity index (χ1) is 13.7. The quantitative estimate of drug-likeness (QED) is 0.449. The summed E-state index contributed by atoms with van der Waals surface area (Å²) in [6.45, 7) is 1.15. The van der Waals surface area contributed by atoms with E-state index in [9.17, 15) is 23.3 Å². The zero-order valence-electron chi connectivity index (χ0n) is 14.9. The molecule has 1 fully saturated rings. The Bertz CT molecular complexity index is 1090. The van der Waals surface area contributed by atoms with Crippen molar-refractivity contribution in [2.45, 2.75) is 24.9 Å². The standard InChI is InChI=1S/C18H15ClF3N5O2/c19-14-8-13(27(28)29)4-5-15(14)25-7-1-2-11(9-25)17-24-23-16-6-3-12(10-26(16)17)18(20,21)22/h3-6,8,10-11H,1-2,7,9H2. The van der Waals surface area contributed by atoms with Crippen molar-refractivity contribution in [3.63, 3.8) is 0 Å². The molecule has 7 nitrogen and oxygen atoms in total. The third-order valence-electron chi connectivity index (χ3n) is 5.03. The fraction of sp³-hybridized carbons (Fsp3) is 0.333. The van der Waals surface area contributed by atoms with Gasteiger partial charge in [0, 0.05) is 37.3 Å². The Morgan fingerprint density at radius 3 is 2.69 bits per heavy atom. The molecule has 1 aliphatic heterocycles. The van der Waals surface area contributed by atoms with Crippen molar-refractivity contribution in [1.82, 2.24) is 14.6 Å². The fourth-order valence-corrected chi connectivity index (χ4v) is 3.92. The number of nitrogens with zero attached hydrogens (tertiary/aromatic N) is 5. The number of hydrogen-bond acceptors (Lipinski definition) is 5. The van der Waals surface area contributed by atoms with Gasteiger partial charge in [-0.25, -0.2) is 0 Å². The minimum atomic E-state index is -4.46. The van der Waals surface area contributed by atoms with E-state index in [0.29, 0.717) is 30.2 Å². The van der Waals surface area contributed by atoms with Gasteiger partial charge in [-0.15, -0.1) is 10.2 Å². The van der Waals surface area contributed by atoms with Gasteiger partial charge in [-0.2, -0.15) is 13.2 Å². The smallest absolute Gasteiger partial charge is 0.370 e. The molecule has 1 aliphatic rings. The van der Waals surface area contributed by atoms with E-state index in [1.54, 1.807) is 6.07 Å². The summed E-state index contributed by atoms with van der Waals surface area (Å²) in [5.74, 6) is 0.294. The summed E-state index contributed by atoms with van der Waals surface area (Å²) in [4.78, 5) is 12.4. The van der Waals surface area contributed by atoms with E-state index in [2.05, 4.69) is 10.2 Å². The summed E-state index contributed by atoms with van der Waals surface area (Å²) < 4.78 is 40.6. The SMILES string of the molecule is O=[N+]([O-])c1ccc(N2CCCC(c3nnc4ccc(C(F)(F)F)cn34)C2)c(Cl)c1. The van der Waals surface area contributed by atoms with E-state index in [0.717, 1.165) is 25.1 Å². The lowest BCUT2D eigenvalue weighted by molar-refractivity contribution is -0.384. The number of hydrogen-bond donors (Lipinski definition) is 0. The molecule has 29 heavy (non-hydrogen) atoms. The molecule has 0 bridgehead atoms. The molecule has 152 valence electrons. The second-order valence-corrected chi connectivity index (χ2v) is 7.29. The zero-order chi connectivity index (χ0) is 20.8. The molecule has 4 rings (SSSR count). The number of piperidine rings is 1. The van der Waals surface area contributed by atoms with Gasteiger partial charge in [0.25, 0.3) is 5.69 Å². The average molecular weight is 426 g/mol. The molecule has 0 aliphatic carbocycles. The summed E-state index contributed by atoms with van der Waals surface area (Å²) in [6.07, 6.45) is -1.94. The van der Waals surface area contributed by atoms with Gasteiger partial charge >= 0.3 is 6.18 Å². The second kappa shape index (κ2) is 7.18. The van der Waals surface area contributed by atoms with Crippen LogP contribution >= 0.6 is 11.6 Å². The van der Waals surface area contributed by atoms with E-state index >= 15 is 0 Å². The minimum absolute atomic E-state index is 0.101. The van der Waals surface area contributed by atoms with Gasteiger partial charge in [-0.3, -0.25) is 14.5 Å². The third kappa shape index (κ3) is 3.71. The lowest BCUT2D eigenvalue weighted by atomic mass is 9.96. The number of anilines is 1. The monoisotopic (exact) mass is 425 g/mol. The Morgan fingerprint density at radius 2 is 2.00 bits per heavy atom.